The molecule has 8 nitrogen and oxygen atoms in total. The lowest BCUT2D eigenvalue weighted by molar-refractivity contribution is -0.119. The number of amides is 1. The maximum absolute atomic E-state index is 12.5. The SMILES string of the molecule is CC(C)[C@H](NC(=O)CSc1ncc(C#N)c(N)n1)c1ccc2c(c1)OCCCO2. The van der Waals surface area contributed by atoms with Crippen LogP contribution in [-0.4, -0.2) is 34.8 Å². The number of fused-ring (bicyclic) bond motifs is 1. The Labute approximate surface area is 173 Å². The van der Waals surface area contributed by atoms with Gasteiger partial charge in [-0.3, -0.25) is 4.79 Å². The average Bonchev–Trinajstić information content (AvgIpc) is 2.95. The quantitative estimate of drug-likeness (QED) is 0.547. The smallest absolute Gasteiger partial charge is 0.230 e. The molecule has 0 aliphatic carbocycles. The second-order valence-electron chi connectivity index (χ2n) is 6.90. The predicted octanol–water partition coefficient (Wildman–Crippen LogP) is 2.70. The molecule has 3 N–H and O–H groups in total. The second kappa shape index (κ2) is 9.47. The number of thioether (sulfide) groups is 1. The fourth-order valence-electron chi connectivity index (χ4n) is 2.89. The molecular formula is C20H23N5O3S. The first-order chi connectivity index (χ1) is 14.0. The number of nitrogens with two attached hydrogens (primary N) is 1. The fraction of sp³-hybridized carbons (Fsp3) is 0.400. The van der Waals surface area contributed by atoms with Crippen LogP contribution >= 0.6 is 11.8 Å². The minimum Gasteiger partial charge on any atom is -0.490 e. The highest BCUT2D eigenvalue weighted by atomic mass is 32.2. The molecule has 2 heterocycles. The number of carbonyl (C=O) groups is 1. The van der Waals surface area contributed by atoms with Gasteiger partial charge in [-0.05, 0) is 23.6 Å². The van der Waals surface area contributed by atoms with Crippen molar-refractivity contribution in [1.82, 2.24) is 15.3 Å². The number of nitriles is 1. The lowest BCUT2D eigenvalue weighted by atomic mass is 9.95. The van der Waals surface area contributed by atoms with Crippen molar-refractivity contribution in [2.75, 3.05) is 24.7 Å². The van der Waals surface area contributed by atoms with Gasteiger partial charge < -0.3 is 20.5 Å². The predicted molar refractivity (Wildman–Crippen MR) is 110 cm³/mol. The lowest BCUT2D eigenvalue weighted by Crippen LogP contribution is -2.33. The Morgan fingerprint density at radius 3 is 2.79 bits per heavy atom. The summed E-state index contributed by atoms with van der Waals surface area (Å²) in [7, 11) is 0. The molecule has 0 fully saturated rings. The van der Waals surface area contributed by atoms with E-state index in [1.807, 2.05) is 38.1 Å². The zero-order valence-corrected chi connectivity index (χ0v) is 17.2. The Kier molecular flexibility index (Phi) is 6.77. The summed E-state index contributed by atoms with van der Waals surface area (Å²) in [5, 5.41) is 12.3. The summed E-state index contributed by atoms with van der Waals surface area (Å²) in [6.45, 7) is 5.34. The molecule has 0 saturated heterocycles. The summed E-state index contributed by atoms with van der Waals surface area (Å²) < 4.78 is 11.4. The largest absolute Gasteiger partial charge is 0.490 e. The summed E-state index contributed by atoms with van der Waals surface area (Å²) in [6, 6.07) is 7.51. The Bertz CT molecular complexity index is 929. The molecule has 0 radical (unpaired) electrons. The van der Waals surface area contributed by atoms with Crippen LogP contribution < -0.4 is 20.5 Å². The minimum absolute atomic E-state index is 0.109. The van der Waals surface area contributed by atoms with Crippen molar-refractivity contribution in [1.29, 1.82) is 5.26 Å². The first kappa shape index (κ1) is 20.7. The molecule has 9 heteroatoms. The standard InChI is InChI=1S/C20H23N5O3S/c1-12(2)18(13-4-5-15-16(8-13)28-7-3-6-27-15)24-17(26)11-29-20-23-10-14(9-21)19(22)25-20/h4-5,8,10,12,18H,3,6-7,11H2,1-2H3,(H,24,26)(H2,22,23,25)/t18-/m0/s1. The molecule has 1 aliphatic rings. The average molecular weight is 414 g/mol. The van der Waals surface area contributed by atoms with E-state index in [0.29, 0.717) is 24.1 Å². The molecule has 0 bridgehead atoms. The number of anilines is 1. The van der Waals surface area contributed by atoms with Gasteiger partial charge in [-0.1, -0.05) is 31.7 Å². The third-order valence-corrected chi connectivity index (χ3v) is 5.22. The molecule has 0 saturated carbocycles. The number of carbonyl (C=O) groups excluding carboxylic acids is 1. The summed E-state index contributed by atoms with van der Waals surface area (Å²) >= 11 is 1.17. The summed E-state index contributed by atoms with van der Waals surface area (Å²) in [5.74, 6) is 1.71. The highest BCUT2D eigenvalue weighted by Gasteiger charge is 2.21. The van der Waals surface area contributed by atoms with E-state index in [1.165, 1.54) is 18.0 Å². The Morgan fingerprint density at radius 2 is 2.10 bits per heavy atom. The van der Waals surface area contributed by atoms with E-state index < -0.39 is 0 Å². The van der Waals surface area contributed by atoms with E-state index in [-0.39, 0.29) is 35.0 Å². The number of rotatable bonds is 6. The van der Waals surface area contributed by atoms with Crippen molar-refractivity contribution in [2.45, 2.75) is 31.5 Å². The molecule has 2 aromatic rings. The van der Waals surface area contributed by atoms with Crippen LogP contribution in [0.3, 0.4) is 0 Å². The van der Waals surface area contributed by atoms with Crippen molar-refractivity contribution < 1.29 is 14.3 Å². The van der Waals surface area contributed by atoms with Gasteiger partial charge >= 0.3 is 0 Å². The number of nitrogens with one attached hydrogen (secondary N) is 1. The molecule has 0 unspecified atom stereocenters. The van der Waals surface area contributed by atoms with E-state index >= 15 is 0 Å². The van der Waals surface area contributed by atoms with Crippen molar-refractivity contribution in [3.05, 3.63) is 35.5 Å². The van der Waals surface area contributed by atoms with E-state index in [4.69, 9.17) is 20.5 Å². The maximum atomic E-state index is 12.5. The van der Waals surface area contributed by atoms with Crippen LogP contribution in [0, 0.1) is 17.2 Å². The van der Waals surface area contributed by atoms with E-state index in [2.05, 4.69) is 15.3 Å². The Hall–Kier alpha value is -2.99. The van der Waals surface area contributed by atoms with Crippen LogP contribution in [0.5, 0.6) is 11.5 Å². The molecule has 1 aliphatic heterocycles. The zero-order valence-electron chi connectivity index (χ0n) is 16.3. The zero-order chi connectivity index (χ0) is 20.8. The molecular weight excluding hydrogens is 390 g/mol. The van der Waals surface area contributed by atoms with Gasteiger partial charge in [0.1, 0.15) is 17.5 Å². The molecule has 3 rings (SSSR count). The highest BCUT2D eigenvalue weighted by Crippen LogP contribution is 2.34. The van der Waals surface area contributed by atoms with Crippen molar-refractivity contribution >= 4 is 23.5 Å². The van der Waals surface area contributed by atoms with Gasteiger partial charge in [-0.25, -0.2) is 9.97 Å². The number of nitrogen functional groups attached to an aromatic ring is 1. The van der Waals surface area contributed by atoms with Crippen LogP contribution in [0.2, 0.25) is 0 Å². The molecule has 1 aromatic carbocycles. The van der Waals surface area contributed by atoms with Gasteiger partial charge in [0, 0.05) is 6.42 Å². The molecule has 1 amide bonds. The molecule has 1 atom stereocenters. The van der Waals surface area contributed by atoms with Crippen LogP contribution in [0.25, 0.3) is 0 Å². The number of nitrogens with zero attached hydrogens (tertiary/aromatic N) is 3. The van der Waals surface area contributed by atoms with Crippen LogP contribution in [0.15, 0.2) is 29.6 Å². The van der Waals surface area contributed by atoms with Gasteiger partial charge in [0.25, 0.3) is 0 Å². The van der Waals surface area contributed by atoms with Crippen molar-refractivity contribution in [3.63, 3.8) is 0 Å². The van der Waals surface area contributed by atoms with Gasteiger partial charge in [0.05, 0.1) is 31.2 Å². The topological polar surface area (TPSA) is 123 Å². The van der Waals surface area contributed by atoms with Crippen LogP contribution in [-0.2, 0) is 4.79 Å². The van der Waals surface area contributed by atoms with Gasteiger partial charge in [0.15, 0.2) is 16.7 Å². The monoisotopic (exact) mass is 413 g/mol. The third kappa shape index (κ3) is 5.29. The molecule has 29 heavy (non-hydrogen) atoms. The molecule has 1 aromatic heterocycles. The fourth-order valence-corrected chi connectivity index (χ4v) is 3.52. The van der Waals surface area contributed by atoms with Crippen LogP contribution in [0.4, 0.5) is 5.82 Å². The van der Waals surface area contributed by atoms with Gasteiger partial charge in [-0.2, -0.15) is 5.26 Å². The normalized spacial score (nSPS) is 14.0. The van der Waals surface area contributed by atoms with E-state index in [9.17, 15) is 4.79 Å². The lowest BCUT2D eigenvalue weighted by Gasteiger charge is -2.23. The van der Waals surface area contributed by atoms with Crippen molar-refractivity contribution in [2.24, 2.45) is 5.92 Å². The summed E-state index contributed by atoms with van der Waals surface area (Å²) in [5.41, 5.74) is 6.87. The molecule has 152 valence electrons. The maximum Gasteiger partial charge on any atom is 0.230 e. The number of aromatic nitrogens is 2. The first-order valence-electron chi connectivity index (χ1n) is 9.32. The van der Waals surface area contributed by atoms with Gasteiger partial charge in [0.2, 0.25) is 5.91 Å². The number of ether oxygens (including phenoxy) is 2. The summed E-state index contributed by atoms with van der Waals surface area (Å²) in [6.07, 6.45) is 2.20. The Morgan fingerprint density at radius 1 is 1.34 bits per heavy atom. The number of benzene rings is 1. The van der Waals surface area contributed by atoms with E-state index in [0.717, 1.165) is 17.7 Å². The van der Waals surface area contributed by atoms with Gasteiger partial charge in [-0.15, -0.1) is 0 Å². The van der Waals surface area contributed by atoms with E-state index in [1.54, 1.807) is 0 Å². The van der Waals surface area contributed by atoms with Crippen molar-refractivity contribution in [3.8, 4) is 17.6 Å². The second-order valence-corrected chi connectivity index (χ2v) is 7.84. The number of hydrogen-bond donors (Lipinski definition) is 2. The third-order valence-electron chi connectivity index (χ3n) is 4.36. The molecule has 0 spiro atoms. The number of hydrogen-bond acceptors (Lipinski definition) is 8. The highest BCUT2D eigenvalue weighted by molar-refractivity contribution is 7.99. The van der Waals surface area contributed by atoms with Crippen LogP contribution in [0.1, 0.15) is 37.4 Å². The first-order valence-corrected chi connectivity index (χ1v) is 10.3. The Balaban J connectivity index is 1.66. The summed E-state index contributed by atoms with van der Waals surface area (Å²) in [4.78, 5) is 20.6. The minimum atomic E-state index is -0.174.